The highest BCUT2D eigenvalue weighted by atomic mass is 32.1. The van der Waals surface area contributed by atoms with Gasteiger partial charge in [0.25, 0.3) is 0 Å². The number of amides is 2. The zero-order valence-electron chi connectivity index (χ0n) is 18.4. The molecule has 9 heteroatoms. The number of likely N-dealkylation sites (tertiary alicyclic amines) is 1. The van der Waals surface area contributed by atoms with Crippen molar-refractivity contribution in [2.24, 2.45) is 0 Å². The van der Waals surface area contributed by atoms with E-state index in [1.54, 1.807) is 30.3 Å². The Kier molecular flexibility index (Phi) is 6.94. The van der Waals surface area contributed by atoms with Crippen LogP contribution in [0.2, 0.25) is 0 Å². The largest absolute Gasteiger partial charge is 0.497 e. The molecule has 1 saturated heterocycles. The van der Waals surface area contributed by atoms with Crippen molar-refractivity contribution >= 4 is 28.3 Å². The van der Waals surface area contributed by atoms with E-state index in [9.17, 15) is 9.59 Å². The zero-order valence-corrected chi connectivity index (χ0v) is 19.2. The van der Waals surface area contributed by atoms with Crippen molar-refractivity contribution in [2.45, 2.75) is 38.6 Å². The second-order valence-electron chi connectivity index (χ2n) is 7.76. The smallest absolute Gasteiger partial charge is 0.409 e. The molecular formula is C23H28N4O4S. The summed E-state index contributed by atoms with van der Waals surface area (Å²) in [5.41, 5.74) is 3.00. The molecule has 1 aliphatic rings. The Labute approximate surface area is 191 Å². The summed E-state index contributed by atoms with van der Waals surface area (Å²) < 4.78 is 12.3. The fraction of sp³-hybridized carbons (Fsp3) is 0.435. The molecule has 0 bridgehead atoms. The molecule has 4 rings (SSSR count). The van der Waals surface area contributed by atoms with Crippen molar-refractivity contribution in [3.05, 3.63) is 41.5 Å². The van der Waals surface area contributed by atoms with E-state index in [1.807, 2.05) is 30.5 Å². The summed E-state index contributed by atoms with van der Waals surface area (Å²) in [6.07, 6.45) is 4.31. The first-order valence-corrected chi connectivity index (χ1v) is 11.8. The molecule has 3 heterocycles. The minimum absolute atomic E-state index is 0.0365. The third-order valence-corrected chi connectivity index (χ3v) is 6.55. The lowest BCUT2D eigenvalue weighted by Crippen LogP contribution is -2.46. The van der Waals surface area contributed by atoms with E-state index < -0.39 is 0 Å². The quantitative estimate of drug-likeness (QED) is 0.585. The van der Waals surface area contributed by atoms with Crippen LogP contribution >= 0.6 is 11.3 Å². The first-order valence-electron chi connectivity index (χ1n) is 10.9. The molecule has 1 aliphatic heterocycles. The summed E-state index contributed by atoms with van der Waals surface area (Å²) in [6, 6.07) is 7.93. The van der Waals surface area contributed by atoms with Gasteiger partial charge in [-0.15, -0.1) is 11.3 Å². The van der Waals surface area contributed by atoms with Gasteiger partial charge in [-0.1, -0.05) is 0 Å². The highest BCUT2D eigenvalue weighted by molar-refractivity contribution is 7.15. The van der Waals surface area contributed by atoms with Crippen molar-refractivity contribution in [3.63, 3.8) is 0 Å². The molecule has 32 heavy (non-hydrogen) atoms. The summed E-state index contributed by atoms with van der Waals surface area (Å²) in [4.78, 5) is 31.6. The van der Waals surface area contributed by atoms with Crippen LogP contribution in [0.5, 0.6) is 5.75 Å². The average Bonchev–Trinajstić information content (AvgIpc) is 3.40. The Bertz CT molecular complexity index is 1070. The Morgan fingerprint density at radius 1 is 1.22 bits per heavy atom. The number of nitrogens with zero attached hydrogens (tertiary/aromatic N) is 3. The SMILES string of the molecule is CCOC(=O)N1CCC(NC(=O)CCc2csc3nc(-c4ccc(OC)cc4)cn23)CC1. The van der Waals surface area contributed by atoms with E-state index in [0.29, 0.717) is 32.5 Å². The standard InChI is InChI=1S/C23H28N4O4S/c1-3-31-23(29)26-12-10-17(11-13-26)24-21(28)9-6-18-15-32-22-25-20(14-27(18)22)16-4-7-19(30-2)8-5-16/h4-5,7-8,14-15,17H,3,6,9-13H2,1-2H3,(H,24,28). The lowest BCUT2D eigenvalue weighted by Gasteiger charge is -2.31. The second kappa shape index (κ2) is 10.0. The topological polar surface area (TPSA) is 85.2 Å². The average molecular weight is 457 g/mol. The maximum Gasteiger partial charge on any atom is 0.409 e. The number of ether oxygens (including phenoxy) is 2. The van der Waals surface area contributed by atoms with Crippen LogP contribution in [-0.4, -0.2) is 59.1 Å². The van der Waals surface area contributed by atoms with Gasteiger partial charge in [-0.25, -0.2) is 9.78 Å². The number of carbonyl (C=O) groups is 2. The van der Waals surface area contributed by atoms with Crippen LogP contribution in [0.15, 0.2) is 35.8 Å². The molecule has 0 saturated carbocycles. The van der Waals surface area contributed by atoms with Crippen LogP contribution in [-0.2, 0) is 16.0 Å². The number of methoxy groups -OCH3 is 1. The number of aryl methyl sites for hydroxylation is 1. The van der Waals surface area contributed by atoms with Crippen molar-refractivity contribution in [2.75, 3.05) is 26.8 Å². The molecule has 0 aliphatic carbocycles. The number of thiazole rings is 1. The number of piperidine rings is 1. The highest BCUT2D eigenvalue weighted by Crippen LogP contribution is 2.26. The summed E-state index contributed by atoms with van der Waals surface area (Å²) in [5.74, 6) is 0.850. The Morgan fingerprint density at radius 2 is 1.97 bits per heavy atom. The molecule has 3 aromatic rings. The molecule has 0 radical (unpaired) electrons. The molecule has 8 nitrogen and oxygen atoms in total. The Balaban J connectivity index is 1.30. The first-order chi connectivity index (χ1) is 15.6. The molecule has 1 N–H and O–H groups in total. The molecular weight excluding hydrogens is 428 g/mol. The van der Waals surface area contributed by atoms with Crippen LogP contribution in [0.25, 0.3) is 16.2 Å². The molecule has 170 valence electrons. The minimum atomic E-state index is -0.270. The fourth-order valence-electron chi connectivity index (χ4n) is 3.87. The van der Waals surface area contributed by atoms with Gasteiger partial charge in [0.15, 0.2) is 4.96 Å². The molecule has 1 fully saturated rings. The molecule has 2 amide bonds. The van der Waals surface area contributed by atoms with E-state index in [2.05, 4.69) is 15.1 Å². The summed E-state index contributed by atoms with van der Waals surface area (Å²) >= 11 is 1.58. The van der Waals surface area contributed by atoms with E-state index in [0.717, 1.165) is 40.5 Å². The van der Waals surface area contributed by atoms with Crippen molar-refractivity contribution < 1.29 is 19.1 Å². The number of hydrogen-bond donors (Lipinski definition) is 1. The van der Waals surface area contributed by atoms with Crippen molar-refractivity contribution in [3.8, 4) is 17.0 Å². The van der Waals surface area contributed by atoms with Crippen LogP contribution in [0.3, 0.4) is 0 Å². The molecule has 2 aromatic heterocycles. The number of rotatable bonds is 7. The van der Waals surface area contributed by atoms with Crippen molar-refractivity contribution in [1.29, 1.82) is 0 Å². The van der Waals surface area contributed by atoms with Gasteiger partial charge in [0, 0.05) is 48.4 Å². The van der Waals surface area contributed by atoms with E-state index in [1.165, 1.54) is 0 Å². The summed E-state index contributed by atoms with van der Waals surface area (Å²) in [5, 5.41) is 5.17. The van der Waals surface area contributed by atoms with Crippen LogP contribution in [0.1, 0.15) is 31.9 Å². The number of benzene rings is 1. The summed E-state index contributed by atoms with van der Waals surface area (Å²) in [6.45, 7) is 3.40. The van der Waals surface area contributed by atoms with Gasteiger partial charge in [-0.2, -0.15) is 0 Å². The number of carbonyl (C=O) groups excluding carboxylic acids is 2. The third-order valence-electron chi connectivity index (χ3n) is 5.66. The molecule has 0 atom stereocenters. The Hall–Kier alpha value is -3.07. The normalized spacial score (nSPS) is 14.5. The predicted molar refractivity (Wildman–Crippen MR) is 123 cm³/mol. The Morgan fingerprint density at radius 3 is 2.66 bits per heavy atom. The summed E-state index contributed by atoms with van der Waals surface area (Å²) in [7, 11) is 1.65. The van der Waals surface area contributed by atoms with E-state index >= 15 is 0 Å². The van der Waals surface area contributed by atoms with Crippen LogP contribution in [0.4, 0.5) is 4.79 Å². The monoisotopic (exact) mass is 456 g/mol. The molecule has 1 aromatic carbocycles. The first kappa shape index (κ1) is 22.1. The lowest BCUT2D eigenvalue weighted by atomic mass is 10.1. The molecule has 0 spiro atoms. The number of aromatic nitrogens is 2. The van der Waals surface area contributed by atoms with Crippen molar-refractivity contribution in [1.82, 2.24) is 19.6 Å². The maximum absolute atomic E-state index is 12.5. The second-order valence-corrected chi connectivity index (χ2v) is 8.60. The lowest BCUT2D eigenvalue weighted by molar-refractivity contribution is -0.122. The number of hydrogen-bond acceptors (Lipinski definition) is 6. The number of imidazole rings is 1. The minimum Gasteiger partial charge on any atom is -0.497 e. The number of nitrogens with one attached hydrogen (secondary N) is 1. The van der Waals surface area contributed by atoms with Crippen LogP contribution in [0, 0.1) is 0 Å². The maximum atomic E-state index is 12.5. The van der Waals surface area contributed by atoms with Gasteiger partial charge >= 0.3 is 6.09 Å². The third kappa shape index (κ3) is 5.04. The van der Waals surface area contributed by atoms with Gasteiger partial charge < -0.3 is 19.7 Å². The fourth-order valence-corrected chi connectivity index (χ4v) is 4.78. The van der Waals surface area contributed by atoms with Gasteiger partial charge in [-0.05, 0) is 50.5 Å². The zero-order chi connectivity index (χ0) is 22.5. The van der Waals surface area contributed by atoms with Gasteiger partial charge in [-0.3, -0.25) is 9.20 Å². The van der Waals surface area contributed by atoms with Gasteiger partial charge in [0.2, 0.25) is 5.91 Å². The molecule has 0 unspecified atom stereocenters. The van der Waals surface area contributed by atoms with Crippen LogP contribution < -0.4 is 10.1 Å². The number of fused-ring (bicyclic) bond motifs is 1. The highest BCUT2D eigenvalue weighted by Gasteiger charge is 2.24. The van der Waals surface area contributed by atoms with Gasteiger partial charge in [0.1, 0.15) is 5.75 Å². The predicted octanol–water partition coefficient (Wildman–Crippen LogP) is 3.74. The van der Waals surface area contributed by atoms with Gasteiger partial charge in [0.05, 0.1) is 19.4 Å². The van der Waals surface area contributed by atoms with E-state index in [4.69, 9.17) is 14.5 Å². The van der Waals surface area contributed by atoms with E-state index in [-0.39, 0.29) is 18.0 Å².